The van der Waals surface area contributed by atoms with Gasteiger partial charge in [0.15, 0.2) is 0 Å². The Balaban J connectivity index is 1.24. The van der Waals surface area contributed by atoms with E-state index < -0.39 is 0 Å². The Morgan fingerprint density at radius 2 is 1.56 bits per heavy atom. The van der Waals surface area contributed by atoms with Crippen LogP contribution in [0.2, 0.25) is 0 Å². The highest BCUT2D eigenvalue weighted by atomic mass is 16.5. The van der Waals surface area contributed by atoms with Crippen LogP contribution >= 0.6 is 0 Å². The SMILES string of the molecule is Oc1ccc(C2CCc3cc(O)cc(Oc4ccc(OCCN5CCCCC5)cc4)c3C2)cc1. The van der Waals surface area contributed by atoms with Gasteiger partial charge < -0.3 is 19.7 Å². The van der Waals surface area contributed by atoms with Crippen molar-refractivity contribution in [2.75, 3.05) is 26.2 Å². The van der Waals surface area contributed by atoms with E-state index in [-0.39, 0.29) is 11.5 Å². The van der Waals surface area contributed by atoms with Crippen LogP contribution in [0.1, 0.15) is 48.3 Å². The van der Waals surface area contributed by atoms with E-state index >= 15 is 0 Å². The molecule has 0 saturated carbocycles. The highest BCUT2D eigenvalue weighted by molar-refractivity contribution is 5.50. The molecule has 5 nitrogen and oxygen atoms in total. The lowest BCUT2D eigenvalue weighted by Gasteiger charge is -2.27. The van der Waals surface area contributed by atoms with Gasteiger partial charge in [-0.15, -0.1) is 0 Å². The zero-order chi connectivity index (χ0) is 23.3. The highest BCUT2D eigenvalue weighted by Gasteiger charge is 2.24. The number of phenolic OH excluding ortho intramolecular Hbond substituents is 2. The lowest BCUT2D eigenvalue weighted by molar-refractivity contribution is 0.183. The van der Waals surface area contributed by atoms with Gasteiger partial charge in [-0.1, -0.05) is 18.6 Å². The van der Waals surface area contributed by atoms with E-state index in [0.717, 1.165) is 48.4 Å². The Hall–Kier alpha value is -3.18. The molecule has 5 heteroatoms. The third-order valence-corrected chi connectivity index (χ3v) is 7.04. The molecule has 0 spiro atoms. The Morgan fingerprint density at radius 3 is 2.32 bits per heavy atom. The van der Waals surface area contributed by atoms with Crippen molar-refractivity contribution < 1.29 is 19.7 Å². The molecule has 0 radical (unpaired) electrons. The summed E-state index contributed by atoms with van der Waals surface area (Å²) in [5.41, 5.74) is 3.50. The molecule has 178 valence electrons. The maximum absolute atomic E-state index is 10.3. The van der Waals surface area contributed by atoms with Crippen LogP contribution < -0.4 is 9.47 Å². The van der Waals surface area contributed by atoms with Crippen molar-refractivity contribution in [1.82, 2.24) is 4.90 Å². The van der Waals surface area contributed by atoms with E-state index in [1.807, 2.05) is 42.5 Å². The molecule has 1 fully saturated rings. The van der Waals surface area contributed by atoms with Crippen LogP contribution in [0.25, 0.3) is 0 Å². The average molecular weight is 460 g/mol. The Morgan fingerprint density at radius 1 is 0.824 bits per heavy atom. The molecule has 3 aromatic carbocycles. The van der Waals surface area contributed by atoms with Gasteiger partial charge in [-0.3, -0.25) is 4.90 Å². The number of benzene rings is 3. The first kappa shape index (κ1) is 22.6. The number of likely N-dealkylation sites (tertiary alicyclic amines) is 1. The van der Waals surface area contributed by atoms with Crippen molar-refractivity contribution in [2.45, 2.75) is 44.4 Å². The zero-order valence-electron chi connectivity index (χ0n) is 19.6. The fraction of sp³-hybridized carbons (Fsp3) is 0.379. The second-order valence-corrected chi connectivity index (χ2v) is 9.44. The number of aromatic hydroxyl groups is 2. The van der Waals surface area contributed by atoms with Crippen LogP contribution in [0.3, 0.4) is 0 Å². The van der Waals surface area contributed by atoms with Gasteiger partial charge in [-0.2, -0.15) is 0 Å². The molecule has 1 atom stereocenters. The zero-order valence-corrected chi connectivity index (χ0v) is 19.6. The number of nitrogens with zero attached hydrogens (tertiary/aromatic N) is 1. The molecule has 1 heterocycles. The molecule has 1 saturated heterocycles. The summed E-state index contributed by atoms with van der Waals surface area (Å²) >= 11 is 0. The molecule has 3 aromatic rings. The Bertz CT molecular complexity index is 1090. The van der Waals surface area contributed by atoms with Crippen molar-refractivity contribution in [2.24, 2.45) is 0 Å². The number of hydrogen-bond acceptors (Lipinski definition) is 5. The number of aryl methyl sites for hydroxylation is 1. The van der Waals surface area contributed by atoms with Crippen LogP contribution in [-0.4, -0.2) is 41.4 Å². The standard InChI is InChI=1S/C29H33NO4/c31-24-8-6-21(7-9-24)22-4-5-23-18-25(32)20-29(28(23)19-22)34-27-12-10-26(11-13-27)33-17-16-30-14-2-1-3-15-30/h6-13,18,20,22,31-32H,1-5,14-17,19H2. The van der Waals surface area contributed by atoms with Crippen molar-refractivity contribution in [3.63, 3.8) is 0 Å². The minimum Gasteiger partial charge on any atom is -0.508 e. The summed E-state index contributed by atoms with van der Waals surface area (Å²) in [5.74, 6) is 3.15. The minimum absolute atomic E-state index is 0.231. The summed E-state index contributed by atoms with van der Waals surface area (Å²) in [4.78, 5) is 2.47. The lowest BCUT2D eigenvalue weighted by Crippen LogP contribution is -2.33. The summed E-state index contributed by atoms with van der Waals surface area (Å²) in [6.45, 7) is 4.02. The van der Waals surface area contributed by atoms with Crippen molar-refractivity contribution >= 4 is 0 Å². The van der Waals surface area contributed by atoms with Crippen LogP contribution in [-0.2, 0) is 12.8 Å². The third-order valence-electron chi connectivity index (χ3n) is 7.04. The second kappa shape index (κ2) is 10.4. The summed E-state index contributed by atoms with van der Waals surface area (Å²) < 4.78 is 12.2. The highest BCUT2D eigenvalue weighted by Crippen LogP contribution is 2.41. The van der Waals surface area contributed by atoms with Crippen molar-refractivity contribution in [3.05, 3.63) is 77.4 Å². The molecule has 2 N–H and O–H groups in total. The predicted octanol–water partition coefficient (Wildman–Crippen LogP) is 6.03. The number of phenols is 2. The first-order valence-electron chi connectivity index (χ1n) is 12.4. The summed E-state index contributed by atoms with van der Waals surface area (Å²) in [6, 6.07) is 18.8. The van der Waals surface area contributed by atoms with Crippen molar-refractivity contribution in [3.8, 4) is 28.7 Å². The van der Waals surface area contributed by atoms with E-state index in [1.54, 1.807) is 18.2 Å². The summed E-state index contributed by atoms with van der Waals surface area (Å²) in [6.07, 6.45) is 6.66. The molecule has 1 aliphatic heterocycles. The van der Waals surface area contributed by atoms with Crippen LogP contribution in [0.4, 0.5) is 0 Å². The van der Waals surface area contributed by atoms with E-state index in [4.69, 9.17) is 9.47 Å². The molecular formula is C29H33NO4. The number of piperidine rings is 1. The molecule has 1 unspecified atom stereocenters. The molecule has 1 aliphatic carbocycles. The predicted molar refractivity (Wildman–Crippen MR) is 133 cm³/mol. The Labute approximate surface area is 201 Å². The largest absolute Gasteiger partial charge is 0.508 e. The summed E-state index contributed by atoms with van der Waals surface area (Å²) in [5, 5.41) is 19.9. The number of ether oxygens (including phenoxy) is 2. The van der Waals surface area contributed by atoms with Crippen LogP contribution in [0, 0.1) is 0 Å². The fourth-order valence-electron chi connectivity index (χ4n) is 5.15. The van der Waals surface area contributed by atoms with Gasteiger partial charge in [0, 0.05) is 12.6 Å². The molecule has 0 bridgehead atoms. The molecule has 0 amide bonds. The van der Waals surface area contributed by atoms with E-state index in [0.29, 0.717) is 18.3 Å². The number of fused-ring (bicyclic) bond motifs is 1. The Kier molecular flexibility index (Phi) is 6.91. The number of rotatable bonds is 7. The quantitative estimate of drug-likeness (QED) is 0.452. The molecule has 34 heavy (non-hydrogen) atoms. The topological polar surface area (TPSA) is 62.2 Å². The van der Waals surface area contributed by atoms with Gasteiger partial charge in [0.05, 0.1) is 0 Å². The monoisotopic (exact) mass is 459 g/mol. The molecular weight excluding hydrogens is 426 g/mol. The number of hydrogen-bond donors (Lipinski definition) is 2. The molecule has 0 aromatic heterocycles. The maximum Gasteiger partial charge on any atom is 0.134 e. The smallest absolute Gasteiger partial charge is 0.134 e. The van der Waals surface area contributed by atoms with Gasteiger partial charge in [0.25, 0.3) is 0 Å². The first-order chi connectivity index (χ1) is 16.6. The van der Waals surface area contributed by atoms with Gasteiger partial charge in [-0.05, 0) is 110 Å². The van der Waals surface area contributed by atoms with Gasteiger partial charge in [0.2, 0.25) is 0 Å². The lowest BCUT2D eigenvalue weighted by atomic mass is 9.79. The normalized spacial score (nSPS) is 18.3. The molecule has 5 rings (SSSR count). The second-order valence-electron chi connectivity index (χ2n) is 9.44. The van der Waals surface area contributed by atoms with E-state index in [1.165, 1.54) is 37.9 Å². The molecule has 2 aliphatic rings. The first-order valence-corrected chi connectivity index (χ1v) is 12.4. The van der Waals surface area contributed by atoms with Gasteiger partial charge in [0.1, 0.15) is 35.4 Å². The third kappa shape index (κ3) is 5.48. The van der Waals surface area contributed by atoms with E-state index in [2.05, 4.69) is 4.90 Å². The fourth-order valence-corrected chi connectivity index (χ4v) is 5.15. The van der Waals surface area contributed by atoms with Gasteiger partial charge in [-0.25, -0.2) is 0 Å². The van der Waals surface area contributed by atoms with Crippen molar-refractivity contribution in [1.29, 1.82) is 0 Å². The van der Waals surface area contributed by atoms with Gasteiger partial charge >= 0.3 is 0 Å². The maximum atomic E-state index is 10.3. The minimum atomic E-state index is 0.231. The van der Waals surface area contributed by atoms with E-state index in [9.17, 15) is 10.2 Å². The average Bonchev–Trinajstić information content (AvgIpc) is 2.86. The van der Waals surface area contributed by atoms with Crippen LogP contribution in [0.5, 0.6) is 28.7 Å². The summed E-state index contributed by atoms with van der Waals surface area (Å²) in [7, 11) is 0. The van der Waals surface area contributed by atoms with Crippen LogP contribution in [0.15, 0.2) is 60.7 Å².